The van der Waals surface area contributed by atoms with Crippen LogP contribution in [-0.2, 0) is 0 Å². The molecule has 0 aliphatic heterocycles. The van der Waals surface area contributed by atoms with Crippen molar-refractivity contribution in [2.75, 3.05) is 0 Å². The summed E-state index contributed by atoms with van der Waals surface area (Å²) in [7, 11) is 0. The fourth-order valence-corrected chi connectivity index (χ4v) is 0. The van der Waals surface area contributed by atoms with Crippen molar-refractivity contribution in [2.24, 2.45) is 0 Å². The van der Waals surface area contributed by atoms with E-state index >= 15 is 0 Å². The predicted octanol–water partition coefficient (Wildman–Crippen LogP) is 8.94. The van der Waals surface area contributed by atoms with Crippen LogP contribution in [0.2, 0.25) is 0 Å². The van der Waals surface area contributed by atoms with Crippen molar-refractivity contribution in [2.45, 2.75) is 102 Å². The Balaban J connectivity index is -0.0000000159. The highest BCUT2D eigenvalue weighted by molar-refractivity contribution is 4.51. The summed E-state index contributed by atoms with van der Waals surface area (Å²) in [6.45, 7) is 28.2. The molecule has 0 amide bonds. The van der Waals surface area contributed by atoms with Gasteiger partial charge in [-0.25, -0.2) is 0 Å². The van der Waals surface area contributed by atoms with Gasteiger partial charge < -0.3 is 0 Å². The van der Waals surface area contributed by atoms with Crippen molar-refractivity contribution in [3.63, 3.8) is 0 Å². The largest absolute Gasteiger partial charge is 0.124 e. The van der Waals surface area contributed by atoms with Crippen LogP contribution in [-0.4, -0.2) is 0 Å². The van der Waals surface area contributed by atoms with Gasteiger partial charge in [0.15, 0.2) is 0 Å². The van der Waals surface area contributed by atoms with E-state index in [1.165, 1.54) is 32.1 Å². The van der Waals surface area contributed by atoms with Gasteiger partial charge in [-0.05, 0) is 6.92 Å². The van der Waals surface area contributed by atoms with E-state index in [9.17, 15) is 0 Å². The van der Waals surface area contributed by atoms with Crippen molar-refractivity contribution in [1.82, 2.24) is 0 Å². The first kappa shape index (κ1) is 50.1. The third-order valence-corrected chi connectivity index (χ3v) is 1.000. The number of unbranched alkanes of at least 4 members (excludes halogenated alkanes) is 2. The van der Waals surface area contributed by atoms with Crippen molar-refractivity contribution in [3.8, 4) is 12.8 Å². The van der Waals surface area contributed by atoms with E-state index in [0.29, 0.717) is 0 Å². The zero-order chi connectivity index (χ0) is 18.2. The standard InChI is InChI=1S/2C4H10.C3H8.C3H6.C2H6.C2H4.C2H2.CH4/c2*1-3-4-2;2*1-3-2;3*1-2;/h2*3-4H2,1-2H3;3H2,1-2H3;3H,1H2,2H3;1-2H3;1-2H2;1-2H;1H4. The molecule has 0 aromatic rings. The molecule has 0 atom stereocenters. The lowest BCUT2D eigenvalue weighted by Gasteiger charge is -1.68. The molecule has 0 saturated carbocycles. The van der Waals surface area contributed by atoms with E-state index in [1.54, 1.807) is 6.08 Å². The van der Waals surface area contributed by atoms with Gasteiger partial charge in [0, 0.05) is 0 Å². The second-order valence-electron chi connectivity index (χ2n) is 3.12. The van der Waals surface area contributed by atoms with Crippen molar-refractivity contribution >= 4 is 0 Å². The van der Waals surface area contributed by atoms with Crippen LogP contribution in [0.5, 0.6) is 0 Å². The van der Waals surface area contributed by atoms with Crippen LogP contribution in [0, 0.1) is 12.8 Å². The van der Waals surface area contributed by atoms with Crippen molar-refractivity contribution < 1.29 is 0 Å². The Morgan fingerprint density at radius 2 is 0.762 bits per heavy atom. The van der Waals surface area contributed by atoms with Crippen molar-refractivity contribution in [3.05, 3.63) is 25.8 Å². The number of hydrogen-bond acceptors (Lipinski definition) is 0. The molecule has 0 heteroatoms. The molecule has 0 aromatic heterocycles. The number of allylic oxidation sites excluding steroid dienone is 1. The highest BCUT2D eigenvalue weighted by Crippen LogP contribution is 1.77. The summed E-state index contributed by atoms with van der Waals surface area (Å²) in [5.74, 6) is 0. The smallest absolute Gasteiger partial charge is 0.0473 e. The second-order valence-corrected chi connectivity index (χ2v) is 3.12. The molecule has 0 aliphatic carbocycles. The van der Waals surface area contributed by atoms with Crippen LogP contribution in [0.25, 0.3) is 0 Å². The molecule has 0 saturated heterocycles. The van der Waals surface area contributed by atoms with Gasteiger partial charge in [-0.3, -0.25) is 0 Å². The Kier molecular flexibility index (Phi) is 582. The van der Waals surface area contributed by atoms with Crippen molar-refractivity contribution in [1.29, 1.82) is 0 Å². The topological polar surface area (TPSA) is 0 Å². The number of rotatable bonds is 2. The van der Waals surface area contributed by atoms with E-state index < -0.39 is 0 Å². The summed E-state index contributed by atoms with van der Waals surface area (Å²) in [5, 5.41) is 0. The first-order valence-corrected chi connectivity index (χ1v) is 8.06. The first-order valence-electron chi connectivity index (χ1n) is 8.06. The molecule has 134 valence electrons. The molecule has 0 spiro atoms. The predicted molar refractivity (Wildman–Crippen MR) is 112 cm³/mol. The molecule has 0 heterocycles. The fraction of sp³-hybridized carbons (Fsp3) is 0.714. The first-order chi connectivity index (χ1) is 9.66. The maximum atomic E-state index is 4.00. The molecule has 21 heavy (non-hydrogen) atoms. The monoisotopic (exact) mass is 302 g/mol. The van der Waals surface area contributed by atoms with Gasteiger partial charge in [0.2, 0.25) is 0 Å². The Bertz CT molecular complexity index is 71.3. The normalized spacial score (nSPS) is 4.90. The van der Waals surface area contributed by atoms with Gasteiger partial charge in [0.1, 0.15) is 0 Å². The van der Waals surface area contributed by atoms with E-state index in [4.69, 9.17) is 0 Å². The summed E-state index contributed by atoms with van der Waals surface area (Å²) in [4.78, 5) is 0. The molecule has 0 aliphatic rings. The zero-order valence-electron chi connectivity index (χ0n) is 16.4. The van der Waals surface area contributed by atoms with Gasteiger partial charge in [0.25, 0.3) is 0 Å². The lowest BCUT2D eigenvalue weighted by Crippen LogP contribution is -1.47. The average molecular weight is 303 g/mol. The lowest BCUT2D eigenvalue weighted by atomic mass is 10.4. The minimum atomic E-state index is 0. The maximum Gasteiger partial charge on any atom is -0.0473 e. The van der Waals surface area contributed by atoms with Crippen LogP contribution in [0.4, 0.5) is 0 Å². The second kappa shape index (κ2) is 244. The fourth-order valence-electron chi connectivity index (χ4n) is 0. The van der Waals surface area contributed by atoms with Crippen LogP contribution in [0.3, 0.4) is 0 Å². The van der Waals surface area contributed by atoms with Crippen LogP contribution >= 0.6 is 0 Å². The summed E-state index contributed by atoms with van der Waals surface area (Å²) < 4.78 is 0. The summed E-state index contributed by atoms with van der Waals surface area (Å²) in [6.07, 6.45) is 16.3. The minimum Gasteiger partial charge on any atom is -0.124 e. The molecule has 0 radical (unpaired) electrons. The van der Waals surface area contributed by atoms with E-state index in [0.717, 1.165) is 0 Å². The molecule has 0 fully saturated rings. The van der Waals surface area contributed by atoms with Crippen LogP contribution in [0.1, 0.15) is 102 Å². The third-order valence-electron chi connectivity index (χ3n) is 1.000. The number of terminal acetylenes is 1. The highest BCUT2D eigenvalue weighted by Gasteiger charge is 1.56. The van der Waals surface area contributed by atoms with E-state index in [-0.39, 0.29) is 7.43 Å². The van der Waals surface area contributed by atoms with Crippen LogP contribution < -0.4 is 0 Å². The summed E-state index contributed by atoms with van der Waals surface area (Å²) in [6, 6.07) is 0. The lowest BCUT2D eigenvalue weighted by molar-refractivity contribution is 0.886. The summed E-state index contributed by atoms with van der Waals surface area (Å²) >= 11 is 0. The molecule has 0 nitrogen and oxygen atoms in total. The molecule has 0 N–H and O–H groups in total. The molecular formula is C21H50. The number of hydrogen-bond donors (Lipinski definition) is 0. The van der Waals surface area contributed by atoms with E-state index in [1.807, 2.05) is 20.8 Å². The Labute approximate surface area is 141 Å². The Hall–Kier alpha value is -0.960. The highest BCUT2D eigenvalue weighted by atomic mass is 13.6. The molecule has 0 aromatic carbocycles. The minimum absolute atomic E-state index is 0. The Morgan fingerprint density at radius 3 is 0.762 bits per heavy atom. The molecule has 0 rings (SSSR count). The van der Waals surface area contributed by atoms with Gasteiger partial charge >= 0.3 is 0 Å². The summed E-state index contributed by atoms with van der Waals surface area (Å²) in [5.41, 5.74) is 0. The quantitative estimate of drug-likeness (QED) is 0.352. The van der Waals surface area contributed by atoms with E-state index in [2.05, 4.69) is 74.1 Å². The molecular weight excluding hydrogens is 252 g/mol. The van der Waals surface area contributed by atoms with Gasteiger partial charge in [-0.15, -0.1) is 32.6 Å². The van der Waals surface area contributed by atoms with Gasteiger partial charge in [-0.1, -0.05) is 101 Å². The zero-order valence-corrected chi connectivity index (χ0v) is 16.4. The van der Waals surface area contributed by atoms with Crippen LogP contribution in [0.15, 0.2) is 25.8 Å². The Morgan fingerprint density at radius 1 is 0.714 bits per heavy atom. The molecule has 0 unspecified atom stereocenters. The van der Waals surface area contributed by atoms with Gasteiger partial charge in [-0.2, -0.15) is 0 Å². The maximum absolute atomic E-state index is 4.00. The average Bonchev–Trinajstić information content (AvgIpc) is 2.54. The third kappa shape index (κ3) is 5110. The van der Waals surface area contributed by atoms with Gasteiger partial charge in [0.05, 0.1) is 0 Å². The SMILES string of the molecule is C.C#C.C=C.C=CC.CC.CCC.CCCC.CCCC. The molecule has 0 bridgehead atoms.